The number of hydrogen-bond acceptors (Lipinski definition) is 4. The molecule has 2 aliphatic heterocycles. The van der Waals surface area contributed by atoms with Crippen LogP contribution in [0.2, 0.25) is 10.0 Å². The highest BCUT2D eigenvalue weighted by molar-refractivity contribution is 7.89. The van der Waals surface area contributed by atoms with E-state index in [9.17, 15) is 8.42 Å². The second-order valence-electron chi connectivity index (χ2n) is 7.19. The van der Waals surface area contributed by atoms with Crippen LogP contribution in [0, 0.1) is 0 Å². The molecule has 2 heterocycles. The van der Waals surface area contributed by atoms with Gasteiger partial charge in [0, 0.05) is 40.8 Å². The fraction of sp³-hybridized carbons (Fsp3) is 0.300. The summed E-state index contributed by atoms with van der Waals surface area (Å²) >= 11 is 12.1. The van der Waals surface area contributed by atoms with Crippen LogP contribution in [0.25, 0.3) is 0 Å². The van der Waals surface area contributed by atoms with Crippen molar-refractivity contribution in [1.29, 1.82) is 0 Å². The Balaban J connectivity index is 1.59. The summed E-state index contributed by atoms with van der Waals surface area (Å²) in [6.07, 6.45) is 0.589. The minimum atomic E-state index is -3.61. The molecule has 2 aromatic rings. The average Bonchev–Trinajstić information content (AvgIpc) is 2.97. The van der Waals surface area contributed by atoms with Gasteiger partial charge in [-0.25, -0.2) is 13.1 Å². The molecule has 28 heavy (non-hydrogen) atoms. The third kappa shape index (κ3) is 3.33. The highest BCUT2D eigenvalue weighted by Crippen LogP contribution is 2.49. The van der Waals surface area contributed by atoms with Gasteiger partial charge in [-0.1, -0.05) is 35.4 Å². The highest BCUT2D eigenvalue weighted by atomic mass is 35.5. The number of anilines is 1. The smallest absolute Gasteiger partial charge is 0.240 e. The zero-order chi connectivity index (χ0) is 19.9. The van der Waals surface area contributed by atoms with E-state index in [4.69, 9.17) is 23.2 Å². The van der Waals surface area contributed by atoms with Gasteiger partial charge in [0.15, 0.2) is 0 Å². The molecule has 0 aromatic heterocycles. The Hall–Kier alpha value is -1.57. The zero-order valence-corrected chi connectivity index (χ0v) is 17.5. The van der Waals surface area contributed by atoms with Crippen LogP contribution in [0.3, 0.4) is 0 Å². The van der Waals surface area contributed by atoms with Crippen molar-refractivity contribution < 1.29 is 8.42 Å². The quantitative estimate of drug-likeness (QED) is 0.625. The fourth-order valence-corrected chi connectivity index (χ4v) is 5.59. The lowest BCUT2D eigenvalue weighted by Crippen LogP contribution is -2.54. The number of hydrogen-bond donors (Lipinski definition) is 3. The normalized spacial score (nSPS) is 23.8. The number of piperidine rings is 1. The molecular formula is C20H21Cl2N3O2S. The van der Waals surface area contributed by atoms with Gasteiger partial charge in [0.05, 0.1) is 10.9 Å². The van der Waals surface area contributed by atoms with E-state index >= 15 is 0 Å². The zero-order valence-electron chi connectivity index (χ0n) is 15.1. The van der Waals surface area contributed by atoms with E-state index in [-0.39, 0.29) is 22.9 Å². The van der Waals surface area contributed by atoms with Crippen molar-refractivity contribution in [3.63, 3.8) is 0 Å². The Morgan fingerprint density at radius 2 is 1.86 bits per heavy atom. The van der Waals surface area contributed by atoms with Crippen LogP contribution in [0.15, 0.2) is 59.5 Å². The first kappa shape index (κ1) is 19.7. The SMILES string of the molecule is C=C1CNC[C@@H]2Nc3ccc(Cl)cc3[C@]12CCNS(=O)(=O)c1ccc(Cl)cc1. The van der Waals surface area contributed by atoms with Crippen LogP contribution in [-0.2, 0) is 15.4 Å². The van der Waals surface area contributed by atoms with Crippen molar-refractivity contribution in [2.45, 2.75) is 22.8 Å². The van der Waals surface area contributed by atoms with Gasteiger partial charge in [-0.05, 0) is 54.4 Å². The van der Waals surface area contributed by atoms with E-state index in [1.54, 1.807) is 12.1 Å². The fourth-order valence-electron chi connectivity index (χ4n) is 4.26. The Morgan fingerprint density at radius 3 is 2.61 bits per heavy atom. The van der Waals surface area contributed by atoms with Gasteiger partial charge in [0.1, 0.15) is 0 Å². The first-order chi connectivity index (χ1) is 13.3. The summed E-state index contributed by atoms with van der Waals surface area (Å²) in [5, 5.41) is 8.08. The molecule has 8 heteroatoms. The van der Waals surface area contributed by atoms with Crippen LogP contribution in [0.5, 0.6) is 0 Å². The molecule has 3 N–H and O–H groups in total. The summed E-state index contributed by atoms with van der Waals surface area (Å²) in [4.78, 5) is 0.197. The molecule has 2 aliphatic rings. The summed E-state index contributed by atoms with van der Waals surface area (Å²) in [6.45, 7) is 6.05. The number of rotatable bonds is 5. The third-order valence-corrected chi connectivity index (χ3v) is 7.60. The maximum absolute atomic E-state index is 12.6. The molecule has 0 amide bonds. The van der Waals surface area contributed by atoms with Crippen LogP contribution in [0.4, 0.5) is 5.69 Å². The van der Waals surface area contributed by atoms with E-state index in [0.29, 0.717) is 23.0 Å². The molecule has 5 nitrogen and oxygen atoms in total. The van der Waals surface area contributed by atoms with E-state index < -0.39 is 10.0 Å². The number of benzene rings is 2. The van der Waals surface area contributed by atoms with Gasteiger partial charge in [-0.15, -0.1) is 0 Å². The summed E-state index contributed by atoms with van der Waals surface area (Å²) in [5.41, 5.74) is 2.78. The Bertz CT molecular complexity index is 1020. The van der Waals surface area contributed by atoms with Crippen LogP contribution >= 0.6 is 23.2 Å². The maximum Gasteiger partial charge on any atom is 0.240 e. The van der Waals surface area contributed by atoms with Crippen molar-refractivity contribution in [1.82, 2.24) is 10.0 Å². The molecule has 0 spiro atoms. The van der Waals surface area contributed by atoms with E-state index in [1.807, 2.05) is 18.2 Å². The molecule has 4 rings (SSSR count). The van der Waals surface area contributed by atoms with E-state index in [1.165, 1.54) is 12.1 Å². The summed E-state index contributed by atoms with van der Waals surface area (Å²) < 4.78 is 28.0. The number of nitrogens with one attached hydrogen (secondary N) is 3. The van der Waals surface area contributed by atoms with Crippen LogP contribution < -0.4 is 15.4 Å². The van der Waals surface area contributed by atoms with Crippen molar-refractivity contribution in [2.75, 3.05) is 25.0 Å². The Kier molecular flexibility index (Phi) is 5.18. The predicted octanol–water partition coefficient (Wildman–Crippen LogP) is 3.55. The topological polar surface area (TPSA) is 70.2 Å². The van der Waals surface area contributed by atoms with Gasteiger partial charge in [-0.3, -0.25) is 0 Å². The lowest BCUT2D eigenvalue weighted by Gasteiger charge is -2.42. The first-order valence-corrected chi connectivity index (χ1v) is 11.3. The van der Waals surface area contributed by atoms with E-state index in [2.05, 4.69) is 21.9 Å². The minimum absolute atomic E-state index is 0.0993. The minimum Gasteiger partial charge on any atom is -0.380 e. The van der Waals surface area contributed by atoms with E-state index in [0.717, 1.165) is 23.4 Å². The summed E-state index contributed by atoms with van der Waals surface area (Å²) in [6, 6.07) is 12.0. The van der Waals surface area contributed by atoms with Gasteiger partial charge in [-0.2, -0.15) is 0 Å². The van der Waals surface area contributed by atoms with Crippen molar-refractivity contribution in [3.8, 4) is 0 Å². The number of halogens is 2. The van der Waals surface area contributed by atoms with Crippen molar-refractivity contribution >= 4 is 38.9 Å². The molecule has 0 unspecified atom stereocenters. The monoisotopic (exact) mass is 437 g/mol. The predicted molar refractivity (Wildman–Crippen MR) is 114 cm³/mol. The summed E-state index contributed by atoms with van der Waals surface area (Å²) in [5.74, 6) is 0. The molecule has 2 aromatic carbocycles. The van der Waals surface area contributed by atoms with Gasteiger partial charge >= 0.3 is 0 Å². The average molecular weight is 438 g/mol. The molecule has 1 fully saturated rings. The second-order valence-corrected chi connectivity index (χ2v) is 9.83. The standard InChI is InChI=1S/C20H21Cl2N3O2S/c1-13-11-23-12-19-20(13,17-10-15(22)4-7-18(17)25-19)8-9-24-28(26,27)16-5-2-14(21)3-6-16/h2-7,10,19,23-25H,1,8-9,11-12H2/t19-,20-/m0/s1. The molecule has 0 radical (unpaired) electrons. The van der Waals surface area contributed by atoms with Gasteiger partial charge in [0.2, 0.25) is 10.0 Å². The molecule has 2 atom stereocenters. The molecule has 1 saturated heterocycles. The maximum atomic E-state index is 12.6. The molecule has 0 bridgehead atoms. The molecule has 148 valence electrons. The van der Waals surface area contributed by atoms with Gasteiger partial charge in [0.25, 0.3) is 0 Å². The Labute approximate surface area is 175 Å². The third-order valence-electron chi connectivity index (χ3n) is 5.64. The number of fused-ring (bicyclic) bond motifs is 3. The lowest BCUT2D eigenvalue weighted by molar-refractivity contribution is 0.357. The largest absolute Gasteiger partial charge is 0.380 e. The highest BCUT2D eigenvalue weighted by Gasteiger charge is 2.50. The van der Waals surface area contributed by atoms with Crippen LogP contribution in [-0.4, -0.2) is 34.1 Å². The molecule has 0 saturated carbocycles. The molecule has 0 aliphatic carbocycles. The second kappa shape index (κ2) is 7.35. The van der Waals surface area contributed by atoms with Crippen LogP contribution in [0.1, 0.15) is 12.0 Å². The van der Waals surface area contributed by atoms with Crippen molar-refractivity contribution in [3.05, 3.63) is 70.2 Å². The summed E-state index contributed by atoms with van der Waals surface area (Å²) in [7, 11) is -3.61. The Morgan fingerprint density at radius 1 is 1.14 bits per heavy atom. The lowest BCUT2D eigenvalue weighted by atomic mass is 9.67. The molecular weight excluding hydrogens is 417 g/mol. The first-order valence-electron chi connectivity index (χ1n) is 9.04. The van der Waals surface area contributed by atoms with Crippen molar-refractivity contribution in [2.24, 2.45) is 0 Å². The number of sulfonamides is 1. The van der Waals surface area contributed by atoms with Gasteiger partial charge < -0.3 is 10.6 Å².